The Kier molecular flexibility index (Phi) is 7.18. The molecule has 0 radical (unpaired) electrons. The molecule has 0 aromatic heterocycles. The molecule has 0 aliphatic heterocycles. The van der Waals surface area contributed by atoms with Crippen molar-refractivity contribution in [2.24, 2.45) is 0 Å². The molecule has 1 aromatic rings. The monoisotopic (exact) mass is 305 g/mol. The van der Waals surface area contributed by atoms with Crippen molar-refractivity contribution in [3.63, 3.8) is 0 Å². The van der Waals surface area contributed by atoms with Gasteiger partial charge in [0, 0.05) is 41.6 Å². The van der Waals surface area contributed by atoms with E-state index in [2.05, 4.69) is 0 Å². The van der Waals surface area contributed by atoms with E-state index in [1.54, 1.807) is 6.07 Å². The summed E-state index contributed by atoms with van der Waals surface area (Å²) >= 11 is 17.5. The number of hydrogen-bond donors (Lipinski definition) is 0. The molecule has 0 heterocycles. The Bertz CT molecular complexity index is 414. The smallest absolute Gasteiger partial charge is 0.144 e. The average Bonchev–Trinajstić information content (AvgIpc) is 2.36. The van der Waals surface area contributed by atoms with Crippen LogP contribution in [0.2, 0.25) is 5.02 Å². The van der Waals surface area contributed by atoms with E-state index in [-0.39, 0.29) is 0 Å². The Hall–Kier alpha value is -0.700. The minimum absolute atomic E-state index is 0.466. The predicted octanol–water partition coefficient (Wildman–Crippen LogP) is 3.66. The number of halogens is 3. The maximum atomic E-state index is 10.8. The van der Waals surface area contributed by atoms with E-state index < -0.39 is 0 Å². The lowest BCUT2D eigenvalue weighted by Crippen LogP contribution is -2.26. The second kappa shape index (κ2) is 8.41. The lowest BCUT2D eigenvalue weighted by molar-refractivity contribution is -0.104. The summed E-state index contributed by atoms with van der Waals surface area (Å²) in [6.45, 7) is 1.25. The van der Waals surface area contributed by atoms with Gasteiger partial charge in [-0.25, -0.2) is 0 Å². The number of rotatable bonds is 7. The van der Waals surface area contributed by atoms with Crippen LogP contribution in [0.15, 0.2) is 30.3 Å². The van der Waals surface area contributed by atoms with Gasteiger partial charge < -0.3 is 4.90 Å². The van der Waals surface area contributed by atoms with Gasteiger partial charge in [-0.15, -0.1) is 23.2 Å². The molecule has 0 aliphatic rings. The van der Waals surface area contributed by atoms with Crippen LogP contribution in [0, 0.1) is 0 Å². The molecule has 18 heavy (non-hydrogen) atoms. The molecular weight excluding hydrogens is 293 g/mol. The standard InChI is InChI=1S/C13H14Cl3NO/c14-5-7-17(8-6-15)13(4-9-18)11-2-1-3-12(16)10-11/h1-4,9-10H,5-8H2. The fraction of sp³-hybridized carbons (Fsp3) is 0.308. The van der Waals surface area contributed by atoms with Crippen LogP contribution in [-0.4, -0.2) is 36.0 Å². The third-order valence-electron chi connectivity index (χ3n) is 2.40. The molecule has 98 valence electrons. The average molecular weight is 307 g/mol. The maximum Gasteiger partial charge on any atom is 0.144 e. The first-order valence-electron chi connectivity index (χ1n) is 5.51. The zero-order valence-corrected chi connectivity index (χ0v) is 12.0. The van der Waals surface area contributed by atoms with Crippen LogP contribution >= 0.6 is 34.8 Å². The van der Waals surface area contributed by atoms with Gasteiger partial charge in [0.15, 0.2) is 0 Å². The zero-order chi connectivity index (χ0) is 13.4. The molecule has 1 rings (SSSR count). The van der Waals surface area contributed by atoms with Gasteiger partial charge in [0.05, 0.1) is 0 Å². The molecule has 0 atom stereocenters. The molecular formula is C13H14Cl3NO. The maximum absolute atomic E-state index is 10.8. The van der Waals surface area contributed by atoms with Crippen molar-refractivity contribution in [3.05, 3.63) is 40.9 Å². The van der Waals surface area contributed by atoms with Crippen LogP contribution in [0.4, 0.5) is 0 Å². The number of aldehydes is 1. The third kappa shape index (κ3) is 4.52. The Balaban J connectivity index is 3.07. The first kappa shape index (κ1) is 15.4. The van der Waals surface area contributed by atoms with Crippen LogP contribution in [0.25, 0.3) is 5.70 Å². The summed E-state index contributed by atoms with van der Waals surface area (Å²) in [5.41, 5.74) is 1.67. The van der Waals surface area contributed by atoms with Gasteiger partial charge in [-0.1, -0.05) is 23.7 Å². The quantitative estimate of drug-likeness (QED) is 0.435. The van der Waals surface area contributed by atoms with E-state index in [0.717, 1.165) is 17.5 Å². The van der Waals surface area contributed by atoms with Crippen molar-refractivity contribution < 1.29 is 4.79 Å². The number of allylic oxidation sites excluding steroid dienone is 1. The number of hydrogen-bond acceptors (Lipinski definition) is 2. The summed E-state index contributed by atoms with van der Waals surface area (Å²) in [5, 5.41) is 0.626. The SMILES string of the molecule is O=CC=C(c1cccc(Cl)c1)N(CCCl)CCCl. The molecule has 0 amide bonds. The molecule has 0 saturated carbocycles. The summed E-state index contributed by atoms with van der Waals surface area (Å²) in [6, 6.07) is 7.34. The van der Waals surface area contributed by atoms with E-state index in [9.17, 15) is 4.79 Å². The minimum Gasteiger partial charge on any atom is -0.369 e. The minimum atomic E-state index is 0.466. The molecule has 2 nitrogen and oxygen atoms in total. The highest BCUT2D eigenvalue weighted by molar-refractivity contribution is 6.30. The van der Waals surface area contributed by atoms with Gasteiger partial charge in [-0.3, -0.25) is 4.79 Å². The first-order chi connectivity index (χ1) is 8.72. The van der Waals surface area contributed by atoms with Crippen LogP contribution in [-0.2, 0) is 4.79 Å². The van der Waals surface area contributed by atoms with Gasteiger partial charge in [0.2, 0.25) is 0 Å². The van der Waals surface area contributed by atoms with Crippen LogP contribution in [0.1, 0.15) is 5.56 Å². The molecule has 0 spiro atoms. The molecule has 0 aliphatic carbocycles. The van der Waals surface area contributed by atoms with Crippen molar-refractivity contribution >= 4 is 46.8 Å². The van der Waals surface area contributed by atoms with E-state index in [1.807, 2.05) is 23.1 Å². The van der Waals surface area contributed by atoms with E-state index >= 15 is 0 Å². The normalized spacial score (nSPS) is 11.4. The fourth-order valence-electron chi connectivity index (χ4n) is 1.65. The summed E-state index contributed by atoms with van der Waals surface area (Å²) in [6.07, 6.45) is 2.26. The highest BCUT2D eigenvalue weighted by Gasteiger charge is 2.11. The summed E-state index contributed by atoms with van der Waals surface area (Å²) in [5.74, 6) is 0.932. The molecule has 0 N–H and O–H groups in total. The summed E-state index contributed by atoms with van der Waals surface area (Å²) in [7, 11) is 0. The number of carbonyl (C=O) groups excluding carboxylic acids is 1. The number of alkyl halides is 2. The van der Waals surface area contributed by atoms with E-state index in [1.165, 1.54) is 6.08 Å². The van der Waals surface area contributed by atoms with Crippen molar-refractivity contribution in [2.75, 3.05) is 24.8 Å². The zero-order valence-electron chi connectivity index (χ0n) is 9.78. The van der Waals surface area contributed by atoms with Crippen molar-refractivity contribution in [1.29, 1.82) is 0 Å². The Morgan fingerprint density at radius 3 is 2.39 bits per heavy atom. The van der Waals surface area contributed by atoms with Gasteiger partial charge in [-0.2, -0.15) is 0 Å². The van der Waals surface area contributed by atoms with Crippen molar-refractivity contribution in [1.82, 2.24) is 4.90 Å². The van der Waals surface area contributed by atoms with Crippen LogP contribution in [0.5, 0.6) is 0 Å². The molecule has 0 fully saturated rings. The number of nitrogens with zero attached hydrogens (tertiary/aromatic N) is 1. The van der Waals surface area contributed by atoms with Crippen LogP contribution in [0.3, 0.4) is 0 Å². The predicted molar refractivity (Wildman–Crippen MR) is 78.5 cm³/mol. The van der Waals surface area contributed by atoms with Gasteiger partial charge in [-0.05, 0) is 17.7 Å². The largest absolute Gasteiger partial charge is 0.369 e. The van der Waals surface area contributed by atoms with Gasteiger partial charge in [0.1, 0.15) is 6.29 Å². The Labute approximate surface area is 122 Å². The van der Waals surface area contributed by atoms with Gasteiger partial charge in [0.25, 0.3) is 0 Å². The van der Waals surface area contributed by atoms with Gasteiger partial charge >= 0.3 is 0 Å². The Morgan fingerprint density at radius 1 is 1.22 bits per heavy atom. The second-order valence-corrected chi connectivity index (χ2v) is 4.76. The lowest BCUT2D eigenvalue weighted by Gasteiger charge is -2.26. The summed E-state index contributed by atoms with van der Waals surface area (Å²) < 4.78 is 0. The molecule has 0 unspecified atom stereocenters. The molecule has 5 heteroatoms. The van der Waals surface area contributed by atoms with E-state index in [0.29, 0.717) is 29.9 Å². The summed E-state index contributed by atoms with van der Waals surface area (Å²) in [4.78, 5) is 12.8. The highest BCUT2D eigenvalue weighted by atomic mass is 35.5. The molecule has 0 saturated heterocycles. The third-order valence-corrected chi connectivity index (χ3v) is 2.97. The number of benzene rings is 1. The lowest BCUT2D eigenvalue weighted by atomic mass is 10.1. The van der Waals surface area contributed by atoms with Crippen molar-refractivity contribution in [2.45, 2.75) is 0 Å². The van der Waals surface area contributed by atoms with E-state index in [4.69, 9.17) is 34.8 Å². The van der Waals surface area contributed by atoms with Crippen LogP contribution < -0.4 is 0 Å². The first-order valence-corrected chi connectivity index (χ1v) is 6.96. The fourth-order valence-corrected chi connectivity index (χ4v) is 2.25. The van der Waals surface area contributed by atoms with Crippen molar-refractivity contribution in [3.8, 4) is 0 Å². The molecule has 0 bridgehead atoms. The number of carbonyl (C=O) groups is 1. The second-order valence-electron chi connectivity index (χ2n) is 3.56. The topological polar surface area (TPSA) is 20.3 Å². The molecule has 1 aromatic carbocycles. The highest BCUT2D eigenvalue weighted by Crippen LogP contribution is 2.22. The Morgan fingerprint density at radius 2 is 1.89 bits per heavy atom.